The van der Waals surface area contributed by atoms with Crippen molar-refractivity contribution in [3.8, 4) is 0 Å². The van der Waals surface area contributed by atoms with E-state index in [4.69, 9.17) is 0 Å². The van der Waals surface area contributed by atoms with E-state index >= 15 is 0 Å². The maximum absolute atomic E-state index is 12.1. The van der Waals surface area contributed by atoms with Crippen molar-refractivity contribution in [1.82, 2.24) is 15.5 Å². The molecule has 0 saturated carbocycles. The van der Waals surface area contributed by atoms with Crippen LogP contribution in [0.4, 0.5) is 8.78 Å². The molecule has 1 amide bonds. The first-order valence-electron chi connectivity index (χ1n) is 6.97. The highest BCUT2D eigenvalue weighted by molar-refractivity contribution is 5.94. The maximum atomic E-state index is 12.1. The molecule has 0 spiro atoms. The molecule has 1 aromatic rings. The van der Waals surface area contributed by atoms with E-state index in [1.165, 1.54) is 11.9 Å². The molecule has 22 heavy (non-hydrogen) atoms. The van der Waals surface area contributed by atoms with Crippen LogP contribution in [0.5, 0.6) is 0 Å². The Balaban J connectivity index is 2.51. The summed E-state index contributed by atoms with van der Waals surface area (Å²) in [5.41, 5.74) is 1.62. The fourth-order valence-electron chi connectivity index (χ4n) is 1.84. The van der Waals surface area contributed by atoms with Gasteiger partial charge in [-0.25, -0.2) is 8.78 Å². The van der Waals surface area contributed by atoms with Crippen LogP contribution in [-0.4, -0.2) is 57.4 Å². The molecule has 0 bridgehead atoms. The standard InChI is InChI=1S/C15H22F2N4O/c1-18-15(20-10-13(16)17)19-8-7-11-5-4-6-12(9-11)14(22)21(2)3/h4-6,9,13H,7-8,10H2,1-3H3,(H2,18,19,20). The zero-order valence-corrected chi connectivity index (χ0v) is 13.1. The number of rotatable bonds is 6. The van der Waals surface area contributed by atoms with Gasteiger partial charge in [0.15, 0.2) is 5.96 Å². The second-order valence-electron chi connectivity index (χ2n) is 4.92. The number of halogens is 2. The van der Waals surface area contributed by atoms with Crippen LogP contribution in [0.1, 0.15) is 15.9 Å². The van der Waals surface area contributed by atoms with Gasteiger partial charge in [0, 0.05) is 33.3 Å². The minimum Gasteiger partial charge on any atom is -0.356 e. The molecule has 0 saturated heterocycles. The molecule has 0 aromatic heterocycles. The summed E-state index contributed by atoms with van der Waals surface area (Å²) in [6.07, 6.45) is -1.77. The van der Waals surface area contributed by atoms with E-state index in [1.807, 2.05) is 18.2 Å². The molecule has 5 nitrogen and oxygen atoms in total. The lowest BCUT2D eigenvalue weighted by Crippen LogP contribution is -2.40. The molecule has 0 fully saturated rings. The second kappa shape index (κ2) is 8.96. The highest BCUT2D eigenvalue weighted by Gasteiger charge is 2.08. The minimum absolute atomic E-state index is 0.0516. The number of carbonyl (C=O) groups is 1. The first-order valence-corrected chi connectivity index (χ1v) is 6.97. The van der Waals surface area contributed by atoms with Gasteiger partial charge < -0.3 is 15.5 Å². The zero-order chi connectivity index (χ0) is 16.5. The lowest BCUT2D eigenvalue weighted by molar-refractivity contribution is 0.0827. The molecule has 0 aliphatic rings. The first-order chi connectivity index (χ1) is 10.4. The van der Waals surface area contributed by atoms with Gasteiger partial charge in [0.1, 0.15) is 0 Å². The summed E-state index contributed by atoms with van der Waals surface area (Å²) < 4.78 is 24.2. The number of hydrogen-bond donors (Lipinski definition) is 2. The highest BCUT2D eigenvalue weighted by atomic mass is 19.3. The number of amides is 1. The van der Waals surface area contributed by atoms with Gasteiger partial charge in [-0.2, -0.15) is 0 Å². The fraction of sp³-hybridized carbons (Fsp3) is 0.467. The van der Waals surface area contributed by atoms with E-state index in [0.29, 0.717) is 24.5 Å². The number of nitrogens with zero attached hydrogens (tertiary/aromatic N) is 2. The normalized spacial score (nSPS) is 11.5. The number of guanidine groups is 1. The van der Waals surface area contributed by atoms with Crippen LogP contribution in [0.2, 0.25) is 0 Å². The van der Waals surface area contributed by atoms with E-state index in [0.717, 1.165) is 5.56 Å². The van der Waals surface area contributed by atoms with Crippen LogP contribution in [0, 0.1) is 0 Å². The summed E-state index contributed by atoms with van der Waals surface area (Å²) >= 11 is 0. The topological polar surface area (TPSA) is 56.7 Å². The Labute approximate surface area is 129 Å². The summed E-state index contributed by atoms with van der Waals surface area (Å²) in [5, 5.41) is 5.48. The molecule has 1 rings (SSSR count). The van der Waals surface area contributed by atoms with Crippen LogP contribution in [0.15, 0.2) is 29.3 Å². The number of aliphatic imine (C=N–C) groups is 1. The molecule has 0 aliphatic carbocycles. The van der Waals surface area contributed by atoms with E-state index in [1.54, 1.807) is 20.2 Å². The average molecular weight is 312 g/mol. The van der Waals surface area contributed by atoms with Crippen molar-refractivity contribution >= 4 is 11.9 Å². The quantitative estimate of drug-likeness (QED) is 0.616. The summed E-state index contributed by atoms with van der Waals surface area (Å²) in [4.78, 5) is 17.3. The Morgan fingerprint density at radius 3 is 2.64 bits per heavy atom. The SMILES string of the molecule is CN=C(NCCc1cccc(C(=O)N(C)C)c1)NCC(F)F. The molecule has 1 aromatic carbocycles. The van der Waals surface area contributed by atoms with Crippen molar-refractivity contribution in [1.29, 1.82) is 0 Å². The predicted octanol–water partition coefficient (Wildman–Crippen LogP) is 1.36. The first kappa shape index (κ1) is 17.9. The van der Waals surface area contributed by atoms with Gasteiger partial charge >= 0.3 is 0 Å². The number of benzene rings is 1. The predicted molar refractivity (Wildman–Crippen MR) is 83.5 cm³/mol. The van der Waals surface area contributed by atoms with Crippen molar-refractivity contribution in [2.24, 2.45) is 4.99 Å². The maximum Gasteiger partial charge on any atom is 0.255 e. The van der Waals surface area contributed by atoms with Gasteiger partial charge in [-0.05, 0) is 24.1 Å². The van der Waals surface area contributed by atoms with Crippen LogP contribution < -0.4 is 10.6 Å². The highest BCUT2D eigenvalue weighted by Crippen LogP contribution is 2.07. The van der Waals surface area contributed by atoms with Crippen LogP contribution in [-0.2, 0) is 6.42 Å². The monoisotopic (exact) mass is 312 g/mol. The number of alkyl halides is 2. The Morgan fingerprint density at radius 2 is 2.05 bits per heavy atom. The third-order valence-corrected chi connectivity index (χ3v) is 2.93. The van der Waals surface area contributed by atoms with Crippen molar-refractivity contribution in [3.05, 3.63) is 35.4 Å². The number of carbonyl (C=O) groups excluding carboxylic acids is 1. The van der Waals surface area contributed by atoms with Gasteiger partial charge in [-0.15, -0.1) is 0 Å². The Kier molecular flexibility index (Phi) is 7.28. The van der Waals surface area contributed by atoms with E-state index in [2.05, 4.69) is 15.6 Å². The van der Waals surface area contributed by atoms with Crippen molar-refractivity contribution in [2.75, 3.05) is 34.2 Å². The lowest BCUT2D eigenvalue weighted by atomic mass is 10.1. The molecule has 0 atom stereocenters. The zero-order valence-electron chi connectivity index (χ0n) is 13.1. The number of hydrogen-bond acceptors (Lipinski definition) is 2. The van der Waals surface area contributed by atoms with Gasteiger partial charge in [-0.3, -0.25) is 9.79 Å². The molecule has 0 heterocycles. The molecular weight excluding hydrogens is 290 g/mol. The molecular formula is C15H22F2N4O. The molecule has 0 radical (unpaired) electrons. The van der Waals surface area contributed by atoms with E-state index < -0.39 is 13.0 Å². The summed E-state index contributed by atoms with van der Waals surface area (Å²) in [7, 11) is 4.93. The smallest absolute Gasteiger partial charge is 0.255 e. The molecule has 7 heteroatoms. The van der Waals surface area contributed by atoms with E-state index in [-0.39, 0.29) is 5.91 Å². The van der Waals surface area contributed by atoms with Crippen LogP contribution in [0.25, 0.3) is 0 Å². The average Bonchev–Trinajstić information content (AvgIpc) is 2.49. The third-order valence-electron chi connectivity index (χ3n) is 2.93. The lowest BCUT2D eigenvalue weighted by Gasteiger charge is -2.13. The van der Waals surface area contributed by atoms with Crippen LogP contribution in [0.3, 0.4) is 0 Å². The van der Waals surface area contributed by atoms with E-state index in [9.17, 15) is 13.6 Å². The third kappa shape index (κ3) is 6.07. The second-order valence-corrected chi connectivity index (χ2v) is 4.92. The Bertz CT molecular complexity index is 518. The van der Waals surface area contributed by atoms with Gasteiger partial charge in [0.25, 0.3) is 12.3 Å². The van der Waals surface area contributed by atoms with Gasteiger partial charge in [0.2, 0.25) is 0 Å². The number of nitrogens with one attached hydrogen (secondary N) is 2. The van der Waals surface area contributed by atoms with Gasteiger partial charge in [-0.1, -0.05) is 12.1 Å². The fourth-order valence-corrected chi connectivity index (χ4v) is 1.84. The van der Waals surface area contributed by atoms with Crippen LogP contribution >= 0.6 is 0 Å². The summed E-state index contributed by atoms with van der Waals surface area (Å²) in [5.74, 6) is 0.282. The molecule has 2 N–H and O–H groups in total. The van der Waals surface area contributed by atoms with Crippen molar-refractivity contribution < 1.29 is 13.6 Å². The Morgan fingerprint density at radius 1 is 1.32 bits per heavy atom. The van der Waals surface area contributed by atoms with Gasteiger partial charge in [0.05, 0.1) is 6.54 Å². The molecule has 0 aliphatic heterocycles. The molecule has 122 valence electrons. The minimum atomic E-state index is -2.42. The Hall–Kier alpha value is -2.18. The summed E-state index contributed by atoms with van der Waals surface area (Å²) in [6.45, 7) is 0.0923. The largest absolute Gasteiger partial charge is 0.356 e. The molecule has 0 unspecified atom stereocenters. The summed E-state index contributed by atoms with van der Waals surface area (Å²) in [6, 6.07) is 7.35. The van der Waals surface area contributed by atoms with Crippen molar-refractivity contribution in [2.45, 2.75) is 12.8 Å². The van der Waals surface area contributed by atoms with Crippen molar-refractivity contribution in [3.63, 3.8) is 0 Å².